The molecule has 5 heteroatoms. The number of benzene rings is 1. The molecule has 0 amide bonds. The minimum Gasteiger partial charge on any atom is -0.287 e. The van der Waals surface area contributed by atoms with Crippen LogP contribution in [0.2, 0.25) is 0 Å². The van der Waals surface area contributed by atoms with E-state index in [1.807, 2.05) is 18.2 Å². The van der Waals surface area contributed by atoms with E-state index in [2.05, 4.69) is 0 Å². The van der Waals surface area contributed by atoms with Gasteiger partial charge in [-0.05, 0) is 37.0 Å². The zero-order valence-corrected chi connectivity index (χ0v) is 12.4. The Bertz CT molecular complexity index is 964. The summed E-state index contributed by atoms with van der Waals surface area (Å²) in [5, 5.41) is 0.735. The number of hydrogen-bond donors (Lipinski definition) is 0. The lowest BCUT2D eigenvalue weighted by atomic mass is 10.2. The minimum absolute atomic E-state index is 0.182. The summed E-state index contributed by atoms with van der Waals surface area (Å²) < 4.78 is 2.89. The molecule has 2 aromatic heterocycles. The van der Waals surface area contributed by atoms with E-state index in [1.165, 1.54) is 9.44 Å². The quantitative estimate of drug-likeness (QED) is 0.691. The maximum Gasteiger partial charge on any atom is 0.336 e. The molecule has 0 bridgehead atoms. The van der Waals surface area contributed by atoms with Gasteiger partial charge < -0.3 is 0 Å². The number of fused-ring (bicyclic) bond motifs is 3. The lowest BCUT2D eigenvalue weighted by Crippen LogP contribution is -2.37. The summed E-state index contributed by atoms with van der Waals surface area (Å²) in [6.45, 7) is 0. The van der Waals surface area contributed by atoms with E-state index in [9.17, 15) is 9.59 Å². The van der Waals surface area contributed by atoms with Crippen LogP contribution in [0.3, 0.4) is 0 Å². The van der Waals surface area contributed by atoms with E-state index >= 15 is 0 Å². The molecule has 0 aliphatic heterocycles. The van der Waals surface area contributed by atoms with Crippen LogP contribution >= 0.6 is 11.3 Å². The van der Waals surface area contributed by atoms with Crippen molar-refractivity contribution in [3.05, 3.63) is 61.6 Å². The summed E-state index contributed by atoms with van der Waals surface area (Å²) in [6, 6.07) is 9.13. The van der Waals surface area contributed by atoms with Crippen molar-refractivity contribution in [2.24, 2.45) is 7.05 Å². The standard InChI is InChI=1S/C16H14N2O2S/c1-17-15-13(11-8-5-9-12(11)21-15)14(19)18(16(17)20)10-6-3-2-4-7-10/h2-4,6-7H,5,8-9H2,1H3. The van der Waals surface area contributed by atoms with Gasteiger partial charge in [0.05, 0.1) is 11.1 Å². The Morgan fingerprint density at radius 3 is 2.62 bits per heavy atom. The van der Waals surface area contributed by atoms with Crippen LogP contribution in [0.5, 0.6) is 0 Å². The molecular formula is C16H14N2O2S. The Balaban J connectivity index is 2.19. The zero-order chi connectivity index (χ0) is 14.6. The SMILES string of the molecule is Cn1c(=O)n(-c2ccccc2)c(=O)c2c3c(sc21)CCC3. The Hall–Kier alpha value is -2.14. The molecule has 1 aliphatic carbocycles. The molecule has 1 aliphatic rings. The number of aryl methyl sites for hydroxylation is 3. The first-order chi connectivity index (χ1) is 10.2. The van der Waals surface area contributed by atoms with Crippen molar-refractivity contribution in [3.8, 4) is 5.69 Å². The van der Waals surface area contributed by atoms with Crippen molar-refractivity contribution in [2.75, 3.05) is 0 Å². The van der Waals surface area contributed by atoms with Gasteiger partial charge in [-0.15, -0.1) is 11.3 Å². The molecule has 0 fully saturated rings. The molecule has 1 aromatic carbocycles. The molecule has 4 nitrogen and oxygen atoms in total. The molecule has 0 N–H and O–H groups in total. The van der Waals surface area contributed by atoms with Crippen LogP contribution in [-0.2, 0) is 19.9 Å². The predicted molar refractivity (Wildman–Crippen MR) is 84.7 cm³/mol. The van der Waals surface area contributed by atoms with Crippen LogP contribution in [-0.4, -0.2) is 9.13 Å². The fourth-order valence-electron chi connectivity index (χ4n) is 3.09. The number of rotatable bonds is 1. The smallest absolute Gasteiger partial charge is 0.287 e. The van der Waals surface area contributed by atoms with Crippen molar-refractivity contribution in [1.82, 2.24) is 9.13 Å². The second-order valence-corrected chi connectivity index (χ2v) is 6.44. The van der Waals surface area contributed by atoms with Crippen molar-refractivity contribution in [3.63, 3.8) is 0 Å². The first-order valence-electron chi connectivity index (χ1n) is 7.00. The van der Waals surface area contributed by atoms with Gasteiger partial charge in [-0.2, -0.15) is 0 Å². The average Bonchev–Trinajstić information content (AvgIpc) is 3.06. The van der Waals surface area contributed by atoms with Gasteiger partial charge in [0.1, 0.15) is 4.83 Å². The third-order valence-corrected chi connectivity index (χ3v) is 5.49. The predicted octanol–water partition coefficient (Wildman–Crippen LogP) is 2.24. The van der Waals surface area contributed by atoms with Crippen LogP contribution < -0.4 is 11.2 Å². The van der Waals surface area contributed by atoms with Crippen LogP contribution in [0.15, 0.2) is 39.9 Å². The van der Waals surface area contributed by atoms with E-state index in [0.717, 1.165) is 35.0 Å². The summed E-state index contributed by atoms with van der Waals surface area (Å²) >= 11 is 1.59. The molecule has 2 heterocycles. The van der Waals surface area contributed by atoms with Gasteiger partial charge in [0, 0.05) is 11.9 Å². The third kappa shape index (κ3) is 1.67. The maximum absolute atomic E-state index is 12.9. The number of para-hydroxylation sites is 1. The summed E-state index contributed by atoms with van der Waals surface area (Å²) in [4.78, 5) is 27.5. The zero-order valence-electron chi connectivity index (χ0n) is 11.6. The lowest BCUT2D eigenvalue weighted by molar-refractivity contribution is 0.777. The largest absolute Gasteiger partial charge is 0.336 e. The normalized spacial score (nSPS) is 13.8. The molecule has 0 unspecified atom stereocenters. The van der Waals surface area contributed by atoms with Crippen LogP contribution in [0.4, 0.5) is 0 Å². The van der Waals surface area contributed by atoms with E-state index < -0.39 is 0 Å². The molecule has 0 radical (unpaired) electrons. The van der Waals surface area contributed by atoms with Gasteiger partial charge in [-0.25, -0.2) is 9.36 Å². The summed E-state index contributed by atoms with van der Waals surface area (Å²) in [5.41, 5.74) is 1.32. The van der Waals surface area contributed by atoms with E-state index in [1.54, 1.807) is 35.1 Å². The number of aromatic nitrogens is 2. The Morgan fingerprint density at radius 2 is 1.86 bits per heavy atom. The molecular weight excluding hydrogens is 284 g/mol. The fraction of sp³-hybridized carbons (Fsp3) is 0.250. The van der Waals surface area contributed by atoms with Gasteiger partial charge in [-0.1, -0.05) is 18.2 Å². The van der Waals surface area contributed by atoms with Crippen LogP contribution in [0, 0.1) is 0 Å². The molecule has 3 aromatic rings. The second kappa shape index (κ2) is 4.43. The van der Waals surface area contributed by atoms with Crippen molar-refractivity contribution >= 4 is 21.6 Å². The first kappa shape index (κ1) is 12.6. The Labute approximate surface area is 124 Å². The molecule has 4 rings (SSSR count). The van der Waals surface area contributed by atoms with Gasteiger partial charge >= 0.3 is 5.69 Å². The summed E-state index contributed by atoms with van der Waals surface area (Å²) in [7, 11) is 1.75. The molecule has 0 saturated carbocycles. The highest BCUT2D eigenvalue weighted by atomic mass is 32.1. The average molecular weight is 298 g/mol. The van der Waals surface area contributed by atoms with Crippen LogP contribution in [0.25, 0.3) is 15.9 Å². The van der Waals surface area contributed by atoms with Gasteiger partial charge in [0.25, 0.3) is 5.56 Å². The third-order valence-electron chi connectivity index (χ3n) is 4.12. The molecule has 0 spiro atoms. The Kier molecular flexibility index (Phi) is 2.65. The van der Waals surface area contributed by atoms with Gasteiger partial charge in [0.2, 0.25) is 0 Å². The molecule has 21 heavy (non-hydrogen) atoms. The second-order valence-electron chi connectivity index (χ2n) is 5.36. The van der Waals surface area contributed by atoms with E-state index in [0.29, 0.717) is 5.69 Å². The number of hydrogen-bond acceptors (Lipinski definition) is 3. The monoisotopic (exact) mass is 298 g/mol. The first-order valence-corrected chi connectivity index (χ1v) is 7.82. The summed E-state index contributed by atoms with van der Waals surface area (Å²) in [5.74, 6) is 0. The Morgan fingerprint density at radius 1 is 1.10 bits per heavy atom. The highest BCUT2D eigenvalue weighted by molar-refractivity contribution is 7.18. The highest BCUT2D eigenvalue weighted by Gasteiger charge is 2.23. The fourth-order valence-corrected chi connectivity index (χ4v) is 4.42. The summed E-state index contributed by atoms with van der Waals surface area (Å²) in [6.07, 6.45) is 3.07. The molecule has 0 atom stereocenters. The topological polar surface area (TPSA) is 44.0 Å². The van der Waals surface area contributed by atoms with Crippen molar-refractivity contribution in [2.45, 2.75) is 19.3 Å². The maximum atomic E-state index is 12.9. The van der Waals surface area contributed by atoms with Crippen molar-refractivity contribution in [1.29, 1.82) is 0 Å². The molecule has 0 saturated heterocycles. The number of nitrogens with zero attached hydrogens (tertiary/aromatic N) is 2. The highest BCUT2D eigenvalue weighted by Crippen LogP contribution is 2.34. The van der Waals surface area contributed by atoms with E-state index in [4.69, 9.17) is 0 Å². The van der Waals surface area contributed by atoms with Crippen LogP contribution in [0.1, 0.15) is 16.9 Å². The lowest BCUT2D eigenvalue weighted by Gasteiger charge is -2.08. The van der Waals surface area contributed by atoms with Crippen molar-refractivity contribution < 1.29 is 0 Å². The van der Waals surface area contributed by atoms with E-state index in [-0.39, 0.29) is 11.2 Å². The molecule has 106 valence electrons. The number of thiophene rings is 1. The van der Waals surface area contributed by atoms with Gasteiger partial charge in [0.15, 0.2) is 0 Å². The van der Waals surface area contributed by atoms with Gasteiger partial charge in [-0.3, -0.25) is 9.36 Å². The minimum atomic E-state index is -0.279.